The second kappa shape index (κ2) is 5.78. The molecule has 0 fully saturated rings. The highest BCUT2D eigenvalue weighted by atomic mass is 15.0. The van der Waals surface area contributed by atoms with Gasteiger partial charge in [-0.05, 0) is 47.5 Å². The van der Waals surface area contributed by atoms with Crippen LogP contribution in [-0.4, -0.2) is 4.57 Å². The van der Waals surface area contributed by atoms with E-state index >= 15 is 0 Å². The fourth-order valence-corrected chi connectivity index (χ4v) is 3.72. The SMILES string of the molecule is Nc1ccc2c(c1)c1ccccc1n2-c1cccc(-c2ccccc2)c1. The monoisotopic (exact) mass is 334 g/mol. The van der Waals surface area contributed by atoms with Crippen molar-refractivity contribution in [1.29, 1.82) is 0 Å². The van der Waals surface area contributed by atoms with Crippen molar-refractivity contribution in [3.63, 3.8) is 0 Å². The molecule has 2 N–H and O–H groups in total. The minimum Gasteiger partial charge on any atom is -0.399 e. The van der Waals surface area contributed by atoms with Crippen LogP contribution in [0.15, 0.2) is 97.1 Å². The molecule has 0 saturated heterocycles. The van der Waals surface area contributed by atoms with Gasteiger partial charge in [-0.1, -0.05) is 60.7 Å². The van der Waals surface area contributed by atoms with E-state index in [1.165, 1.54) is 32.9 Å². The smallest absolute Gasteiger partial charge is 0.0542 e. The Morgan fingerprint density at radius 3 is 2.15 bits per heavy atom. The molecule has 5 aromatic rings. The van der Waals surface area contributed by atoms with Crippen molar-refractivity contribution in [3.8, 4) is 16.8 Å². The number of nitrogen functional groups attached to an aromatic ring is 1. The van der Waals surface area contributed by atoms with Gasteiger partial charge in [0.1, 0.15) is 0 Å². The van der Waals surface area contributed by atoms with E-state index < -0.39 is 0 Å². The molecule has 0 atom stereocenters. The zero-order chi connectivity index (χ0) is 17.5. The van der Waals surface area contributed by atoms with Gasteiger partial charge in [0.05, 0.1) is 11.0 Å². The molecule has 0 aliphatic heterocycles. The minimum atomic E-state index is 0.790. The fraction of sp³-hybridized carbons (Fsp3) is 0. The van der Waals surface area contributed by atoms with Gasteiger partial charge in [-0.3, -0.25) is 0 Å². The molecule has 1 aromatic heterocycles. The van der Waals surface area contributed by atoms with Crippen molar-refractivity contribution in [2.24, 2.45) is 0 Å². The van der Waals surface area contributed by atoms with Crippen LogP contribution in [0.2, 0.25) is 0 Å². The summed E-state index contributed by atoms with van der Waals surface area (Å²) in [4.78, 5) is 0. The molecule has 4 aromatic carbocycles. The van der Waals surface area contributed by atoms with E-state index in [0.717, 1.165) is 11.4 Å². The van der Waals surface area contributed by atoms with Crippen LogP contribution >= 0.6 is 0 Å². The first kappa shape index (κ1) is 14.8. The molecule has 2 heteroatoms. The van der Waals surface area contributed by atoms with Crippen molar-refractivity contribution in [2.75, 3.05) is 5.73 Å². The van der Waals surface area contributed by atoms with E-state index in [0.29, 0.717) is 0 Å². The van der Waals surface area contributed by atoms with Crippen molar-refractivity contribution < 1.29 is 0 Å². The Kier molecular flexibility index (Phi) is 3.29. The summed E-state index contributed by atoms with van der Waals surface area (Å²) in [7, 11) is 0. The molecule has 1 heterocycles. The fourth-order valence-electron chi connectivity index (χ4n) is 3.72. The zero-order valence-electron chi connectivity index (χ0n) is 14.3. The molecule has 0 aliphatic rings. The predicted octanol–water partition coefficient (Wildman–Crippen LogP) is 6.03. The van der Waals surface area contributed by atoms with Gasteiger partial charge in [0.15, 0.2) is 0 Å². The molecule has 5 rings (SSSR count). The first-order valence-electron chi connectivity index (χ1n) is 8.76. The van der Waals surface area contributed by atoms with Crippen molar-refractivity contribution in [2.45, 2.75) is 0 Å². The van der Waals surface area contributed by atoms with Gasteiger partial charge >= 0.3 is 0 Å². The summed E-state index contributed by atoms with van der Waals surface area (Å²) in [5, 5.41) is 2.41. The van der Waals surface area contributed by atoms with Gasteiger partial charge in [-0.25, -0.2) is 0 Å². The quantitative estimate of drug-likeness (QED) is 0.392. The molecule has 26 heavy (non-hydrogen) atoms. The topological polar surface area (TPSA) is 30.9 Å². The third kappa shape index (κ3) is 2.27. The lowest BCUT2D eigenvalue weighted by Gasteiger charge is -2.10. The minimum absolute atomic E-state index is 0.790. The summed E-state index contributed by atoms with van der Waals surface area (Å²) in [5.41, 5.74) is 12.8. The number of benzene rings is 4. The molecule has 0 amide bonds. The Bertz CT molecular complexity index is 1230. The number of aromatic nitrogens is 1. The van der Waals surface area contributed by atoms with Crippen LogP contribution in [0.3, 0.4) is 0 Å². The van der Waals surface area contributed by atoms with E-state index in [1.54, 1.807) is 0 Å². The highest BCUT2D eigenvalue weighted by Gasteiger charge is 2.12. The van der Waals surface area contributed by atoms with Crippen molar-refractivity contribution in [3.05, 3.63) is 97.1 Å². The van der Waals surface area contributed by atoms with E-state index in [4.69, 9.17) is 5.73 Å². The maximum Gasteiger partial charge on any atom is 0.0542 e. The van der Waals surface area contributed by atoms with Crippen LogP contribution in [0.25, 0.3) is 38.6 Å². The number of para-hydroxylation sites is 1. The molecular formula is C24H18N2. The average Bonchev–Trinajstić information content (AvgIpc) is 3.02. The Labute approximate surface area is 152 Å². The normalized spacial score (nSPS) is 11.2. The molecule has 0 unspecified atom stereocenters. The molecule has 0 radical (unpaired) electrons. The third-order valence-corrected chi connectivity index (χ3v) is 4.91. The lowest BCUT2D eigenvalue weighted by atomic mass is 10.1. The van der Waals surface area contributed by atoms with Crippen LogP contribution in [0.1, 0.15) is 0 Å². The lowest BCUT2D eigenvalue weighted by Crippen LogP contribution is -1.94. The summed E-state index contributed by atoms with van der Waals surface area (Å²) in [5.74, 6) is 0. The van der Waals surface area contributed by atoms with E-state index in [2.05, 4.69) is 89.5 Å². The van der Waals surface area contributed by atoms with Crippen molar-refractivity contribution >= 4 is 27.5 Å². The first-order chi connectivity index (χ1) is 12.8. The number of nitrogens with zero attached hydrogens (tertiary/aromatic N) is 1. The highest BCUT2D eigenvalue weighted by molar-refractivity contribution is 6.10. The maximum absolute atomic E-state index is 6.05. The van der Waals surface area contributed by atoms with Gasteiger partial charge in [0, 0.05) is 22.1 Å². The first-order valence-corrected chi connectivity index (χ1v) is 8.76. The number of fused-ring (bicyclic) bond motifs is 3. The lowest BCUT2D eigenvalue weighted by molar-refractivity contribution is 1.18. The summed E-state index contributed by atoms with van der Waals surface area (Å²) >= 11 is 0. The number of nitrogens with two attached hydrogens (primary N) is 1. The largest absolute Gasteiger partial charge is 0.399 e. The van der Waals surface area contributed by atoms with Gasteiger partial charge in [-0.15, -0.1) is 0 Å². The predicted molar refractivity (Wildman–Crippen MR) is 111 cm³/mol. The maximum atomic E-state index is 6.05. The van der Waals surface area contributed by atoms with Gasteiger partial charge < -0.3 is 10.3 Å². The zero-order valence-corrected chi connectivity index (χ0v) is 14.3. The number of anilines is 1. The second-order valence-corrected chi connectivity index (χ2v) is 6.55. The molecule has 0 saturated carbocycles. The van der Waals surface area contributed by atoms with Crippen LogP contribution in [-0.2, 0) is 0 Å². The number of hydrogen-bond donors (Lipinski definition) is 1. The molecule has 0 aliphatic carbocycles. The van der Waals surface area contributed by atoms with E-state index in [9.17, 15) is 0 Å². The van der Waals surface area contributed by atoms with Gasteiger partial charge in [0.25, 0.3) is 0 Å². The second-order valence-electron chi connectivity index (χ2n) is 6.55. The summed E-state index contributed by atoms with van der Waals surface area (Å²) in [6, 6.07) is 33.8. The van der Waals surface area contributed by atoms with Crippen molar-refractivity contribution in [1.82, 2.24) is 4.57 Å². The van der Waals surface area contributed by atoms with Crippen LogP contribution in [0.5, 0.6) is 0 Å². The van der Waals surface area contributed by atoms with E-state index in [1.807, 2.05) is 12.1 Å². The molecule has 124 valence electrons. The van der Waals surface area contributed by atoms with Crippen LogP contribution in [0, 0.1) is 0 Å². The van der Waals surface area contributed by atoms with Gasteiger partial charge in [-0.2, -0.15) is 0 Å². The Morgan fingerprint density at radius 1 is 0.538 bits per heavy atom. The molecule has 0 bridgehead atoms. The highest BCUT2D eigenvalue weighted by Crippen LogP contribution is 2.34. The number of hydrogen-bond acceptors (Lipinski definition) is 1. The molecule has 2 nitrogen and oxygen atoms in total. The molecule has 0 spiro atoms. The van der Waals surface area contributed by atoms with E-state index in [-0.39, 0.29) is 0 Å². The summed E-state index contributed by atoms with van der Waals surface area (Å²) < 4.78 is 2.32. The third-order valence-electron chi connectivity index (χ3n) is 4.91. The molecular weight excluding hydrogens is 316 g/mol. The summed E-state index contributed by atoms with van der Waals surface area (Å²) in [6.45, 7) is 0. The average molecular weight is 334 g/mol. The number of rotatable bonds is 2. The Morgan fingerprint density at radius 2 is 1.27 bits per heavy atom. The standard InChI is InChI=1S/C24H18N2/c25-19-13-14-24-22(16-19)21-11-4-5-12-23(21)26(24)20-10-6-9-18(15-20)17-7-2-1-3-8-17/h1-16H,25H2. The Balaban J connectivity index is 1.82. The Hall–Kier alpha value is -3.52. The van der Waals surface area contributed by atoms with Crippen LogP contribution < -0.4 is 5.73 Å². The van der Waals surface area contributed by atoms with Crippen LogP contribution in [0.4, 0.5) is 5.69 Å². The van der Waals surface area contributed by atoms with Gasteiger partial charge in [0.2, 0.25) is 0 Å². The summed E-state index contributed by atoms with van der Waals surface area (Å²) in [6.07, 6.45) is 0.